The summed E-state index contributed by atoms with van der Waals surface area (Å²) in [5.74, 6) is -0.296. The summed E-state index contributed by atoms with van der Waals surface area (Å²) in [6.45, 7) is 3.32. The first-order chi connectivity index (χ1) is 4.13. The fourth-order valence-corrected chi connectivity index (χ4v) is 0.373. The maximum absolute atomic E-state index is 10.1. The number of hydrogen-bond donors (Lipinski definition) is 1. The van der Waals surface area contributed by atoms with E-state index in [2.05, 4.69) is 4.74 Å². The highest BCUT2D eigenvalue weighted by Gasteiger charge is 1.96. The highest BCUT2D eigenvalue weighted by atomic mass is 16.5. The van der Waals surface area contributed by atoms with Crippen LogP contribution in [0.1, 0.15) is 20.3 Å². The smallest absolute Gasteiger partial charge is 0.302 e. The van der Waals surface area contributed by atoms with E-state index in [1.165, 1.54) is 6.92 Å². The van der Waals surface area contributed by atoms with Gasteiger partial charge in [0, 0.05) is 13.3 Å². The Hall–Kier alpha value is -0.570. The van der Waals surface area contributed by atoms with E-state index >= 15 is 0 Å². The fraction of sp³-hybridized carbons (Fsp3) is 0.833. The summed E-state index contributed by atoms with van der Waals surface area (Å²) < 4.78 is 4.55. The molecule has 0 radical (unpaired) electrons. The Kier molecular flexibility index (Phi) is 4.05. The third-order valence-corrected chi connectivity index (χ3v) is 0.841. The average molecular weight is 132 g/mol. The number of carbonyl (C=O) groups is 1. The van der Waals surface area contributed by atoms with Gasteiger partial charge in [-0.25, -0.2) is 0 Å². The van der Waals surface area contributed by atoms with Gasteiger partial charge in [0.25, 0.3) is 0 Å². The van der Waals surface area contributed by atoms with Gasteiger partial charge in [-0.1, -0.05) is 0 Å². The molecule has 1 N–H and O–H groups in total. The second-order valence-corrected chi connectivity index (χ2v) is 1.98. The quantitative estimate of drug-likeness (QED) is 0.562. The number of ether oxygens (including phenoxy) is 1. The molecule has 0 saturated heterocycles. The fourth-order valence-electron chi connectivity index (χ4n) is 0.373. The van der Waals surface area contributed by atoms with Crippen LogP contribution in [0.25, 0.3) is 0 Å². The van der Waals surface area contributed by atoms with Crippen molar-refractivity contribution in [3.63, 3.8) is 0 Å². The molecular weight excluding hydrogens is 120 g/mol. The molecule has 0 aliphatic rings. The molecule has 0 rings (SSSR count). The normalized spacial score (nSPS) is 12.8. The highest BCUT2D eigenvalue weighted by molar-refractivity contribution is 5.65. The van der Waals surface area contributed by atoms with Gasteiger partial charge in [-0.15, -0.1) is 0 Å². The molecule has 0 aromatic heterocycles. The van der Waals surface area contributed by atoms with Crippen LogP contribution in [0, 0.1) is 0 Å². The van der Waals surface area contributed by atoms with Gasteiger partial charge in [-0.05, 0) is 6.92 Å². The standard InChI is InChI=1S/C6H12O3/c1-5(7)3-4-9-6(2)8/h5,7H,3-4H2,1-2H3/t5-/m0/s1. The molecule has 0 aromatic carbocycles. The lowest BCUT2D eigenvalue weighted by Crippen LogP contribution is -2.07. The largest absolute Gasteiger partial charge is 0.466 e. The second-order valence-electron chi connectivity index (χ2n) is 1.98. The van der Waals surface area contributed by atoms with Crippen LogP contribution in [0.4, 0.5) is 0 Å². The van der Waals surface area contributed by atoms with E-state index < -0.39 is 0 Å². The number of hydrogen-bond acceptors (Lipinski definition) is 3. The van der Waals surface area contributed by atoms with Crippen molar-refractivity contribution < 1.29 is 14.6 Å². The summed E-state index contributed by atoms with van der Waals surface area (Å²) in [5, 5.41) is 8.67. The van der Waals surface area contributed by atoms with Gasteiger partial charge < -0.3 is 9.84 Å². The molecule has 0 aliphatic heterocycles. The topological polar surface area (TPSA) is 46.5 Å². The van der Waals surface area contributed by atoms with Crippen molar-refractivity contribution >= 4 is 5.97 Å². The maximum Gasteiger partial charge on any atom is 0.302 e. The molecule has 0 aromatic rings. The van der Waals surface area contributed by atoms with E-state index in [1.54, 1.807) is 6.92 Å². The lowest BCUT2D eigenvalue weighted by molar-refractivity contribution is -0.141. The second kappa shape index (κ2) is 4.32. The molecule has 0 saturated carbocycles. The first kappa shape index (κ1) is 8.43. The third kappa shape index (κ3) is 7.43. The van der Waals surface area contributed by atoms with Crippen LogP contribution in [0.5, 0.6) is 0 Å². The number of esters is 1. The van der Waals surface area contributed by atoms with Crippen molar-refractivity contribution in [2.24, 2.45) is 0 Å². The molecule has 3 heteroatoms. The molecule has 3 nitrogen and oxygen atoms in total. The Morgan fingerprint density at radius 1 is 1.78 bits per heavy atom. The molecule has 54 valence electrons. The van der Waals surface area contributed by atoms with Gasteiger partial charge in [-0.3, -0.25) is 4.79 Å². The van der Waals surface area contributed by atoms with E-state index in [9.17, 15) is 4.79 Å². The summed E-state index contributed by atoms with van der Waals surface area (Å²) in [6.07, 6.45) is 0.129. The SMILES string of the molecule is CC(=O)OCC[C@H](C)O. The molecule has 0 unspecified atom stereocenters. The van der Waals surface area contributed by atoms with E-state index in [4.69, 9.17) is 5.11 Å². The molecule has 9 heavy (non-hydrogen) atoms. The first-order valence-corrected chi connectivity index (χ1v) is 2.94. The summed E-state index contributed by atoms with van der Waals surface area (Å²) in [4.78, 5) is 10.1. The zero-order valence-electron chi connectivity index (χ0n) is 5.76. The first-order valence-electron chi connectivity index (χ1n) is 2.94. The summed E-state index contributed by atoms with van der Waals surface area (Å²) in [6, 6.07) is 0. The minimum absolute atomic E-state index is 0.296. The predicted molar refractivity (Wildman–Crippen MR) is 32.9 cm³/mol. The highest BCUT2D eigenvalue weighted by Crippen LogP contribution is 1.89. The van der Waals surface area contributed by atoms with E-state index in [0.29, 0.717) is 13.0 Å². The van der Waals surface area contributed by atoms with Crippen molar-refractivity contribution in [2.75, 3.05) is 6.61 Å². The van der Waals surface area contributed by atoms with Crippen LogP contribution in [0.3, 0.4) is 0 Å². The Morgan fingerprint density at radius 3 is 2.67 bits per heavy atom. The lowest BCUT2D eigenvalue weighted by Gasteiger charge is -2.02. The molecule has 1 atom stereocenters. The predicted octanol–water partition coefficient (Wildman–Crippen LogP) is 0.320. The average Bonchev–Trinajstić information content (AvgIpc) is 1.63. The van der Waals surface area contributed by atoms with Gasteiger partial charge in [0.05, 0.1) is 12.7 Å². The van der Waals surface area contributed by atoms with E-state index in [0.717, 1.165) is 0 Å². The zero-order chi connectivity index (χ0) is 7.28. The molecule has 0 spiro atoms. The maximum atomic E-state index is 10.1. The third-order valence-electron chi connectivity index (χ3n) is 0.841. The molecule has 0 bridgehead atoms. The lowest BCUT2D eigenvalue weighted by atomic mass is 10.3. The van der Waals surface area contributed by atoms with Gasteiger partial charge >= 0.3 is 5.97 Å². The van der Waals surface area contributed by atoms with Crippen LogP contribution in [0.2, 0.25) is 0 Å². The van der Waals surface area contributed by atoms with E-state index in [-0.39, 0.29) is 12.1 Å². The minimum atomic E-state index is -0.385. The van der Waals surface area contributed by atoms with Crippen molar-refractivity contribution in [3.8, 4) is 0 Å². The molecule has 0 heterocycles. The molecule has 0 fully saturated rings. The minimum Gasteiger partial charge on any atom is -0.466 e. The Balaban J connectivity index is 3.01. The number of rotatable bonds is 3. The zero-order valence-corrected chi connectivity index (χ0v) is 5.76. The summed E-state index contributed by atoms with van der Waals surface area (Å²) in [7, 11) is 0. The van der Waals surface area contributed by atoms with Gasteiger partial charge in [0.2, 0.25) is 0 Å². The molecular formula is C6H12O3. The summed E-state index contributed by atoms with van der Waals surface area (Å²) in [5.41, 5.74) is 0. The number of aliphatic hydroxyl groups is 1. The van der Waals surface area contributed by atoms with Crippen molar-refractivity contribution in [1.29, 1.82) is 0 Å². The van der Waals surface area contributed by atoms with Crippen molar-refractivity contribution in [2.45, 2.75) is 26.4 Å². The van der Waals surface area contributed by atoms with Crippen LogP contribution >= 0.6 is 0 Å². The van der Waals surface area contributed by atoms with Crippen LogP contribution < -0.4 is 0 Å². The van der Waals surface area contributed by atoms with E-state index in [1.807, 2.05) is 0 Å². The van der Waals surface area contributed by atoms with Crippen molar-refractivity contribution in [3.05, 3.63) is 0 Å². The van der Waals surface area contributed by atoms with Crippen LogP contribution in [0.15, 0.2) is 0 Å². The van der Waals surface area contributed by atoms with Crippen LogP contribution in [-0.4, -0.2) is 23.8 Å². The van der Waals surface area contributed by atoms with Gasteiger partial charge in [-0.2, -0.15) is 0 Å². The molecule has 0 aliphatic carbocycles. The molecule has 0 amide bonds. The monoisotopic (exact) mass is 132 g/mol. The van der Waals surface area contributed by atoms with Gasteiger partial charge in [0.15, 0.2) is 0 Å². The number of carbonyl (C=O) groups excluding carboxylic acids is 1. The van der Waals surface area contributed by atoms with Crippen molar-refractivity contribution in [1.82, 2.24) is 0 Å². The van der Waals surface area contributed by atoms with Gasteiger partial charge in [0.1, 0.15) is 0 Å². The summed E-state index contributed by atoms with van der Waals surface area (Å²) >= 11 is 0. The Labute approximate surface area is 54.6 Å². The van der Waals surface area contributed by atoms with Crippen LogP contribution in [-0.2, 0) is 9.53 Å². The Bertz CT molecular complexity index is 88.3. The number of aliphatic hydroxyl groups excluding tert-OH is 1. The Morgan fingerprint density at radius 2 is 2.33 bits per heavy atom.